The minimum absolute atomic E-state index is 0.116. The van der Waals surface area contributed by atoms with Crippen LogP contribution in [0.1, 0.15) is 21.5 Å². The van der Waals surface area contributed by atoms with Gasteiger partial charge in [-0.05, 0) is 36.2 Å². The fourth-order valence-corrected chi connectivity index (χ4v) is 2.18. The van der Waals surface area contributed by atoms with E-state index >= 15 is 0 Å². The van der Waals surface area contributed by atoms with Crippen molar-refractivity contribution in [3.63, 3.8) is 0 Å². The summed E-state index contributed by atoms with van der Waals surface area (Å²) in [5.74, 6) is -0.116. The first kappa shape index (κ1) is 14.4. The van der Waals surface area contributed by atoms with Crippen LogP contribution in [0.25, 0.3) is 0 Å². The smallest absolute Gasteiger partial charge is 0.253 e. The van der Waals surface area contributed by atoms with Crippen molar-refractivity contribution in [3.8, 4) is 0 Å². The molecule has 0 aliphatic rings. The van der Waals surface area contributed by atoms with E-state index in [9.17, 15) is 4.79 Å². The van der Waals surface area contributed by atoms with E-state index in [0.29, 0.717) is 17.1 Å². The van der Waals surface area contributed by atoms with Crippen LogP contribution in [0.5, 0.6) is 0 Å². The van der Waals surface area contributed by atoms with E-state index in [1.165, 1.54) is 0 Å². The first-order valence-electron chi connectivity index (χ1n) is 6.42. The summed E-state index contributed by atoms with van der Waals surface area (Å²) in [4.78, 5) is 12.2. The van der Waals surface area contributed by atoms with Crippen LogP contribution in [0.4, 0.5) is 5.69 Å². The zero-order valence-corrected chi connectivity index (χ0v) is 12.3. The van der Waals surface area contributed by atoms with Gasteiger partial charge in [0.15, 0.2) is 0 Å². The van der Waals surface area contributed by atoms with Crippen molar-refractivity contribution in [2.45, 2.75) is 13.5 Å². The van der Waals surface area contributed by atoms with Gasteiger partial charge in [-0.3, -0.25) is 4.79 Å². The number of rotatable bonds is 4. The number of anilines is 1. The third-order valence-electron chi connectivity index (χ3n) is 3.09. The highest BCUT2D eigenvalue weighted by molar-refractivity contribution is 6.31. The van der Waals surface area contributed by atoms with Gasteiger partial charge in [-0.15, -0.1) is 0 Å². The predicted octanol–water partition coefficient (Wildman–Crippen LogP) is 3.62. The lowest BCUT2D eigenvalue weighted by Crippen LogP contribution is -2.23. The first-order valence-corrected chi connectivity index (χ1v) is 6.79. The number of aryl methyl sites for hydroxylation is 1. The molecule has 1 amide bonds. The Kier molecular flexibility index (Phi) is 4.64. The van der Waals surface area contributed by atoms with Crippen molar-refractivity contribution >= 4 is 23.2 Å². The Labute approximate surface area is 124 Å². The fourth-order valence-electron chi connectivity index (χ4n) is 1.98. The summed E-state index contributed by atoms with van der Waals surface area (Å²) in [6.07, 6.45) is 0. The van der Waals surface area contributed by atoms with Crippen molar-refractivity contribution in [2.75, 3.05) is 12.4 Å². The van der Waals surface area contributed by atoms with Gasteiger partial charge in [-0.25, -0.2) is 0 Å². The lowest BCUT2D eigenvalue weighted by atomic mass is 10.1. The molecule has 0 aromatic heterocycles. The molecule has 3 nitrogen and oxygen atoms in total. The SMILES string of the molecule is CNc1cc(C)ccc1C(=O)NCc1ccccc1Cl. The molecule has 0 radical (unpaired) electrons. The molecule has 0 spiro atoms. The van der Waals surface area contributed by atoms with Gasteiger partial charge in [-0.1, -0.05) is 35.9 Å². The molecule has 2 aromatic rings. The minimum atomic E-state index is -0.116. The number of carbonyl (C=O) groups excluding carboxylic acids is 1. The van der Waals surface area contributed by atoms with Crippen LogP contribution in [0.3, 0.4) is 0 Å². The molecule has 2 rings (SSSR count). The Morgan fingerprint density at radius 3 is 2.65 bits per heavy atom. The maximum atomic E-state index is 12.2. The summed E-state index contributed by atoms with van der Waals surface area (Å²) in [6.45, 7) is 2.40. The molecular formula is C16H17ClN2O. The number of carbonyl (C=O) groups is 1. The predicted molar refractivity (Wildman–Crippen MR) is 83.3 cm³/mol. The standard InChI is InChI=1S/C16H17ClN2O/c1-11-7-8-13(15(9-11)18-2)16(20)19-10-12-5-3-4-6-14(12)17/h3-9,18H,10H2,1-2H3,(H,19,20). The van der Waals surface area contributed by atoms with Gasteiger partial charge >= 0.3 is 0 Å². The molecule has 0 atom stereocenters. The Balaban J connectivity index is 2.11. The molecule has 0 saturated heterocycles. The van der Waals surface area contributed by atoms with Gasteiger partial charge in [0.05, 0.1) is 5.56 Å². The third-order valence-corrected chi connectivity index (χ3v) is 3.45. The molecule has 0 aliphatic heterocycles. The molecule has 0 bridgehead atoms. The molecule has 0 saturated carbocycles. The van der Waals surface area contributed by atoms with E-state index in [2.05, 4.69) is 10.6 Å². The number of hydrogen-bond donors (Lipinski definition) is 2. The quantitative estimate of drug-likeness (QED) is 0.902. The second-order valence-corrected chi connectivity index (χ2v) is 4.98. The second-order valence-electron chi connectivity index (χ2n) is 4.57. The zero-order valence-electron chi connectivity index (χ0n) is 11.5. The maximum absolute atomic E-state index is 12.2. The highest BCUT2D eigenvalue weighted by atomic mass is 35.5. The highest BCUT2D eigenvalue weighted by Crippen LogP contribution is 2.18. The van der Waals surface area contributed by atoms with E-state index < -0.39 is 0 Å². The minimum Gasteiger partial charge on any atom is -0.387 e. The number of amides is 1. The molecule has 4 heteroatoms. The summed E-state index contributed by atoms with van der Waals surface area (Å²) in [5, 5.41) is 6.58. The lowest BCUT2D eigenvalue weighted by molar-refractivity contribution is 0.0951. The molecule has 2 aromatic carbocycles. The molecule has 0 unspecified atom stereocenters. The maximum Gasteiger partial charge on any atom is 0.253 e. The van der Waals surface area contributed by atoms with Crippen LogP contribution in [-0.4, -0.2) is 13.0 Å². The number of nitrogens with one attached hydrogen (secondary N) is 2. The van der Waals surface area contributed by atoms with Crippen LogP contribution in [0.15, 0.2) is 42.5 Å². The zero-order chi connectivity index (χ0) is 14.5. The Hall–Kier alpha value is -2.00. The molecule has 2 N–H and O–H groups in total. The van der Waals surface area contributed by atoms with Crippen LogP contribution in [-0.2, 0) is 6.54 Å². The average Bonchev–Trinajstić information content (AvgIpc) is 2.46. The third kappa shape index (κ3) is 3.31. The average molecular weight is 289 g/mol. The molecule has 0 heterocycles. The van der Waals surface area contributed by atoms with Crippen molar-refractivity contribution < 1.29 is 4.79 Å². The summed E-state index contributed by atoms with van der Waals surface area (Å²) >= 11 is 6.07. The normalized spacial score (nSPS) is 10.2. The van der Waals surface area contributed by atoms with E-state index in [-0.39, 0.29) is 5.91 Å². The summed E-state index contributed by atoms with van der Waals surface area (Å²) in [6, 6.07) is 13.2. The van der Waals surface area contributed by atoms with Crippen LogP contribution >= 0.6 is 11.6 Å². The van der Waals surface area contributed by atoms with Gasteiger partial charge in [0.2, 0.25) is 0 Å². The van der Waals surface area contributed by atoms with E-state index in [4.69, 9.17) is 11.6 Å². The highest BCUT2D eigenvalue weighted by Gasteiger charge is 2.11. The van der Waals surface area contributed by atoms with Crippen LogP contribution < -0.4 is 10.6 Å². The topological polar surface area (TPSA) is 41.1 Å². The number of hydrogen-bond acceptors (Lipinski definition) is 2. The summed E-state index contributed by atoms with van der Waals surface area (Å²) in [7, 11) is 1.81. The Bertz CT molecular complexity index is 626. The number of benzene rings is 2. The second kappa shape index (κ2) is 6.44. The number of halogens is 1. The van der Waals surface area contributed by atoms with Gasteiger partial charge in [-0.2, -0.15) is 0 Å². The largest absolute Gasteiger partial charge is 0.387 e. The van der Waals surface area contributed by atoms with Crippen molar-refractivity contribution in [3.05, 3.63) is 64.2 Å². The van der Waals surface area contributed by atoms with E-state index in [1.54, 1.807) is 7.05 Å². The molecule has 20 heavy (non-hydrogen) atoms. The van der Waals surface area contributed by atoms with E-state index in [0.717, 1.165) is 16.8 Å². The van der Waals surface area contributed by atoms with Gasteiger partial charge in [0, 0.05) is 24.3 Å². The van der Waals surface area contributed by atoms with Gasteiger partial charge in [0.1, 0.15) is 0 Å². The van der Waals surface area contributed by atoms with Crippen molar-refractivity contribution in [1.29, 1.82) is 0 Å². The van der Waals surface area contributed by atoms with Gasteiger partial charge < -0.3 is 10.6 Å². The molecule has 0 fully saturated rings. The Morgan fingerprint density at radius 1 is 1.20 bits per heavy atom. The Morgan fingerprint density at radius 2 is 1.95 bits per heavy atom. The molecule has 104 valence electrons. The lowest BCUT2D eigenvalue weighted by Gasteiger charge is -2.11. The monoisotopic (exact) mass is 288 g/mol. The first-order chi connectivity index (χ1) is 9.61. The summed E-state index contributed by atoms with van der Waals surface area (Å²) < 4.78 is 0. The van der Waals surface area contributed by atoms with E-state index in [1.807, 2.05) is 49.4 Å². The fraction of sp³-hybridized carbons (Fsp3) is 0.188. The van der Waals surface area contributed by atoms with Crippen molar-refractivity contribution in [2.24, 2.45) is 0 Å². The molecule has 0 aliphatic carbocycles. The van der Waals surface area contributed by atoms with Gasteiger partial charge in [0.25, 0.3) is 5.91 Å². The van der Waals surface area contributed by atoms with Crippen molar-refractivity contribution in [1.82, 2.24) is 5.32 Å². The summed E-state index contributed by atoms with van der Waals surface area (Å²) in [5.41, 5.74) is 3.46. The van der Waals surface area contributed by atoms with Crippen LogP contribution in [0.2, 0.25) is 5.02 Å². The van der Waals surface area contributed by atoms with Crippen LogP contribution in [0, 0.1) is 6.92 Å². The molecular weight excluding hydrogens is 272 g/mol.